The number of hydrogen-bond donors (Lipinski definition) is 1. The van der Waals surface area contributed by atoms with E-state index in [1.165, 1.54) is 0 Å². The highest BCUT2D eigenvalue weighted by Crippen LogP contribution is 2.08. The summed E-state index contributed by atoms with van der Waals surface area (Å²) in [5, 5.41) is 6.38. The summed E-state index contributed by atoms with van der Waals surface area (Å²) in [6, 6.07) is 1.70. The van der Waals surface area contributed by atoms with Gasteiger partial charge in [-0.1, -0.05) is 19.0 Å². The molecule has 0 aromatic carbocycles. The lowest BCUT2D eigenvalue weighted by molar-refractivity contribution is -0.117. The molecule has 0 atom stereocenters. The van der Waals surface area contributed by atoms with Gasteiger partial charge in [0.1, 0.15) is 0 Å². The zero-order valence-electron chi connectivity index (χ0n) is 11.0. The molecule has 5 nitrogen and oxygen atoms in total. The van der Waals surface area contributed by atoms with Crippen LogP contribution < -0.4 is 5.32 Å². The first-order valence-electron chi connectivity index (χ1n) is 5.89. The number of carbonyl (C=O) groups excluding carboxylic acids is 1. The molecule has 17 heavy (non-hydrogen) atoms. The predicted octanol–water partition coefficient (Wildman–Crippen LogP) is 1.90. The van der Waals surface area contributed by atoms with Gasteiger partial charge in [0.2, 0.25) is 11.8 Å². The molecule has 0 saturated heterocycles. The molecule has 1 aromatic heterocycles. The summed E-state index contributed by atoms with van der Waals surface area (Å²) in [4.78, 5) is 13.6. The highest BCUT2D eigenvalue weighted by Gasteiger charge is 2.09. The summed E-state index contributed by atoms with van der Waals surface area (Å²) >= 11 is 0. The van der Waals surface area contributed by atoms with Crippen molar-refractivity contribution in [2.75, 3.05) is 25.5 Å². The van der Waals surface area contributed by atoms with Crippen molar-refractivity contribution in [2.24, 2.45) is 5.92 Å². The number of likely N-dealkylation sites (N-methyl/N-ethyl adjacent to an activating group) is 1. The second kappa shape index (κ2) is 6.39. The molecule has 96 valence electrons. The van der Waals surface area contributed by atoms with Crippen molar-refractivity contribution >= 4 is 11.8 Å². The third kappa shape index (κ3) is 5.49. The molecule has 0 bridgehead atoms. The topological polar surface area (TPSA) is 58.4 Å². The average molecular weight is 239 g/mol. The van der Waals surface area contributed by atoms with Crippen molar-refractivity contribution in [1.29, 1.82) is 0 Å². The number of aromatic nitrogens is 1. The van der Waals surface area contributed by atoms with Gasteiger partial charge < -0.3 is 4.52 Å². The minimum atomic E-state index is -0.0765. The molecule has 1 N–H and O–H groups in total. The molecule has 0 aliphatic rings. The van der Waals surface area contributed by atoms with E-state index in [1.807, 2.05) is 18.9 Å². The van der Waals surface area contributed by atoms with Crippen LogP contribution in [0.2, 0.25) is 0 Å². The molecular formula is C12H21N3O2. The second-order valence-electron chi connectivity index (χ2n) is 4.80. The fourth-order valence-corrected chi connectivity index (χ4v) is 1.40. The number of anilines is 1. The molecule has 0 unspecified atom stereocenters. The van der Waals surface area contributed by atoms with Crippen LogP contribution in [0.4, 0.5) is 5.88 Å². The molecule has 1 rings (SSSR count). The Morgan fingerprint density at radius 3 is 2.82 bits per heavy atom. The first kappa shape index (κ1) is 13.7. The van der Waals surface area contributed by atoms with Gasteiger partial charge in [-0.3, -0.25) is 15.0 Å². The van der Waals surface area contributed by atoms with Crippen LogP contribution in [0.1, 0.15) is 26.0 Å². The van der Waals surface area contributed by atoms with Crippen LogP contribution in [-0.4, -0.2) is 36.1 Å². The van der Waals surface area contributed by atoms with Gasteiger partial charge in [0.25, 0.3) is 0 Å². The van der Waals surface area contributed by atoms with E-state index < -0.39 is 0 Å². The fourth-order valence-electron chi connectivity index (χ4n) is 1.40. The summed E-state index contributed by atoms with van der Waals surface area (Å²) in [5.41, 5.74) is 0.758. The van der Waals surface area contributed by atoms with E-state index in [0.717, 1.165) is 18.7 Å². The Bertz CT molecular complexity index is 360. The average Bonchev–Trinajstić information content (AvgIpc) is 2.60. The standard InChI is InChI=1S/C12H21N3O2/c1-9(2)5-6-15(4)8-11(16)13-12-7-10(3)14-17-12/h7,9H,5-6,8H2,1-4H3,(H,13,16). The predicted molar refractivity (Wildman–Crippen MR) is 66.8 cm³/mol. The first-order chi connectivity index (χ1) is 7.97. The zero-order valence-corrected chi connectivity index (χ0v) is 11.0. The van der Waals surface area contributed by atoms with Crippen LogP contribution in [0.5, 0.6) is 0 Å². The molecule has 0 radical (unpaired) electrons. The van der Waals surface area contributed by atoms with Gasteiger partial charge >= 0.3 is 0 Å². The van der Waals surface area contributed by atoms with Crippen molar-refractivity contribution in [1.82, 2.24) is 10.1 Å². The molecule has 0 saturated carbocycles. The summed E-state index contributed by atoms with van der Waals surface area (Å²) in [6.07, 6.45) is 1.09. The quantitative estimate of drug-likeness (QED) is 0.823. The number of amides is 1. The lowest BCUT2D eigenvalue weighted by Gasteiger charge is -2.16. The maximum atomic E-state index is 11.6. The van der Waals surface area contributed by atoms with Gasteiger partial charge in [0.15, 0.2) is 0 Å². The summed E-state index contributed by atoms with van der Waals surface area (Å²) in [7, 11) is 1.94. The van der Waals surface area contributed by atoms with E-state index >= 15 is 0 Å². The maximum absolute atomic E-state index is 11.6. The van der Waals surface area contributed by atoms with Gasteiger partial charge in [-0.15, -0.1) is 0 Å². The monoisotopic (exact) mass is 239 g/mol. The zero-order chi connectivity index (χ0) is 12.8. The minimum absolute atomic E-state index is 0.0765. The molecular weight excluding hydrogens is 218 g/mol. The number of hydrogen-bond acceptors (Lipinski definition) is 4. The molecule has 5 heteroatoms. The summed E-state index contributed by atoms with van der Waals surface area (Å²) in [6.45, 7) is 7.44. The normalized spacial score (nSPS) is 11.2. The Labute approximate surface area is 102 Å². The van der Waals surface area contributed by atoms with Gasteiger partial charge in [0.05, 0.1) is 12.2 Å². The first-order valence-corrected chi connectivity index (χ1v) is 5.89. The van der Waals surface area contributed by atoms with Crippen molar-refractivity contribution in [3.05, 3.63) is 11.8 Å². The highest BCUT2D eigenvalue weighted by atomic mass is 16.5. The van der Waals surface area contributed by atoms with Gasteiger partial charge in [-0.05, 0) is 32.9 Å². The summed E-state index contributed by atoms with van der Waals surface area (Å²) in [5.74, 6) is 0.981. The van der Waals surface area contributed by atoms with Crippen LogP contribution in [0.15, 0.2) is 10.6 Å². The molecule has 0 aliphatic carbocycles. The van der Waals surface area contributed by atoms with E-state index in [0.29, 0.717) is 18.3 Å². The number of nitrogens with zero attached hydrogens (tertiary/aromatic N) is 2. The van der Waals surface area contributed by atoms with Gasteiger partial charge in [-0.25, -0.2) is 0 Å². The fraction of sp³-hybridized carbons (Fsp3) is 0.667. The molecule has 1 heterocycles. The maximum Gasteiger partial charge on any atom is 0.240 e. The molecule has 0 fully saturated rings. The number of nitrogens with one attached hydrogen (secondary N) is 1. The van der Waals surface area contributed by atoms with Crippen LogP contribution >= 0.6 is 0 Å². The van der Waals surface area contributed by atoms with Gasteiger partial charge in [0, 0.05) is 6.07 Å². The molecule has 1 amide bonds. The molecule has 1 aromatic rings. The molecule has 0 spiro atoms. The van der Waals surface area contributed by atoms with Crippen molar-refractivity contribution in [2.45, 2.75) is 27.2 Å². The lowest BCUT2D eigenvalue weighted by Crippen LogP contribution is -2.31. The van der Waals surface area contributed by atoms with Crippen LogP contribution in [0.25, 0.3) is 0 Å². The van der Waals surface area contributed by atoms with Gasteiger partial charge in [-0.2, -0.15) is 0 Å². The third-order valence-corrected chi connectivity index (χ3v) is 2.39. The summed E-state index contributed by atoms with van der Waals surface area (Å²) < 4.78 is 4.91. The Hall–Kier alpha value is -1.36. The smallest absolute Gasteiger partial charge is 0.240 e. The van der Waals surface area contributed by atoms with E-state index in [9.17, 15) is 4.79 Å². The highest BCUT2D eigenvalue weighted by molar-refractivity contribution is 5.90. The van der Waals surface area contributed by atoms with E-state index in [4.69, 9.17) is 4.52 Å². The number of rotatable bonds is 6. The SMILES string of the molecule is Cc1cc(NC(=O)CN(C)CCC(C)C)on1. The molecule has 0 aliphatic heterocycles. The second-order valence-corrected chi connectivity index (χ2v) is 4.80. The van der Waals surface area contributed by atoms with Crippen LogP contribution in [-0.2, 0) is 4.79 Å². The Kier molecular flexibility index (Phi) is 5.15. The van der Waals surface area contributed by atoms with Crippen molar-refractivity contribution < 1.29 is 9.32 Å². The number of aryl methyl sites for hydroxylation is 1. The van der Waals surface area contributed by atoms with E-state index in [-0.39, 0.29) is 5.91 Å². The Morgan fingerprint density at radius 2 is 2.29 bits per heavy atom. The third-order valence-electron chi connectivity index (χ3n) is 2.39. The lowest BCUT2D eigenvalue weighted by atomic mass is 10.1. The van der Waals surface area contributed by atoms with Crippen molar-refractivity contribution in [3.63, 3.8) is 0 Å². The Morgan fingerprint density at radius 1 is 1.59 bits per heavy atom. The number of carbonyl (C=O) groups is 1. The van der Waals surface area contributed by atoms with Crippen molar-refractivity contribution in [3.8, 4) is 0 Å². The Balaban J connectivity index is 2.29. The van der Waals surface area contributed by atoms with E-state index in [2.05, 4.69) is 24.3 Å². The van der Waals surface area contributed by atoms with E-state index in [1.54, 1.807) is 6.07 Å². The largest absolute Gasteiger partial charge is 0.338 e. The van der Waals surface area contributed by atoms with Crippen LogP contribution in [0, 0.1) is 12.8 Å². The minimum Gasteiger partial charge on any atom is -0.338 e. The van der Waals surface area contributed by atoms with Crippen LogP contribution in [0.3, 0.4) is 0 Å².